The van der Waals surface area contributed by atoms with Crippen LogP contribution < -0.4 is 16.5 Å². The van der Waals surface area contributed by atoms with Gasteiger partial charge in [0.25, 0.3) is 0 Å². The lowest BCUT2D eigenvalue weighted by Crippen LogP contribution is -2.07. The van der Waals surface area contributed by atoms with Crippen LogP contribution in [0, 0.1) is 13.8 Å². The molecule has 0 atom stereocenters. The fraction of sp³-hybridized carbons (Fsp3) is 0.136. The zero-order chi connectivity index (χ0) is 43.8. The third kappa shape index (κ3) is 10.2. The zero-order valence-corrected chi connectivity index (χ0v) is 35.3. The van der Waals surface area contributed by atoms with Crippen molar-refractivity contribution in [3.63, 3.8) is 0 Å². The molecule has 0 aliphatic heterocycles. The predicted molar refractivity (Wildman–Crippen MR) is 239 cm³/mol. The maximum Gasteiger partial charge on any atom is 0.221 e. The van der Waals surface area contributed by atoms with E-state index in [4.69, 9.17) is 10.4 Å². The molecule has 0 fully saturated rings. The van der Waals surface area contributed by atoms with Gasteiger partial charge in [-0.05, 0) is 93.6 Å². The largest absolute Gasteiger partial charge is 0.411 e. The van der Waals surface area contributed by atoms with Gasteiger partial charge in [-0.2, -0.15) is 10.2 Å². The number of nitrogens with two attached hydrogens (primary N) is 1. The van der Waals surface area contributed by atoms with Gasteiger partial charge in [0.1, 0.15) is 11.4 Å². The number of carbonyl (C=O) groups is 3. The van der Waals surface area contributed by atoms with E-state index in [1.54, 1.807) is 46.9 Å². The zero-order valence-electron chi connectivity index (χ0n) is 34.5. The molecule has 6 heterocycles. The second-order valence-corrected chi connectivity index (χ2v) is 13.7. The van der Waals surface area contributed by atoms with E-state index in [-0.39, 0.29) is 30.0 Å². The Morgan fingerprint density at radius 1 is 0.597 bits per heavy atom. The monoisotopic (exact) mass is 854 g/mol. The number of amides is 2. The smallest absolute Gasteiger partial charge is 0.221 e. The van der Waals surface area contributed by atoms with E-state index in [0.29, 0.717) is 51.5 Å². The van der Waals surface area contributed by atoms with E-state index in [1.165, 1.54) is 20.8 Å². The summed E-state index contributed by atoms with van der Waals surface area (Å²) in [5.41, 5.74) is 8.79. The van der Waals surface area contributed by atoms with Crippen molar-refractivity contribution < 1.29 is 24.8 Å². The fourth-order valence-electron chi connectivity index (χ4n) is 6.43. The molecular formula is C44H43ClN12O5. The van der Waals surface area contributed by atoms with Gasteiger partial charge in [-0.15, -0.1) is 12.4 Å². The number of hydrogen-bond donors (Lipinski definition) is 5. The second-order valence-electron chi connectivity index (χ2n) is 13.7. The molecule has 0 saturated carbocycles. The van der Waals surface area contributed by atoms with Crippen LogP contribution >= 0.6 is 12.4 Å². The molecule has 62 heavy (non-hydrogen) atoms. The standard InChI is InChI=1S/C22H20N6O2.C22H19N5O2.ClH.H3NO/c1-13-6-4-9-22(24-13)28-21-11-16(10-20(25-15(3)29)17(21)12-23-28)19-8-5-7-18(26-19)14(2)27-30;1-13-6-4-9-22(24-13)27-21-11-16(19-8-5-7-18(26-19)14(2)28)10-20(25-15(3)29)17(21)12-23-27;;1-2/h4-12,30H,1-3H3,(H,25,29);4-12H,1-3H3,(H,25,29);1H;2H,1H2/b27-14-;;;. The van der Waals surface area contributed by atoms with Crippen LogP contribution in [0.1, 0.15) is 55.3 Å². The van der Waals surface area contributed by atoms with Gasteiger partial charge in [0.05, 0.1) is 51.9 Å². The van der Waals surface area contributed by atoms with Crippen molar-refractivity contribution in [2.75, 3.05) is 10.6 Å². The summed E-state index contributed by atoms with van der Waals surface area (Å²) in [6.45, 7) is 9.92. The number of nitrogens with one attached hydrogen (secondary N) is 2. The number of fused-ring (bicyclic) bond motifs is 2. The number of oxime groups is 1. The highest BCUT2D eigenvalue weighted by Gasteiger charge is 2.17. The van der Waals surface area contributed by atoms with Gasteiger partial charge in [0.2, 0.25) is 11.8 Å². The summed E-state index contributed by atoms with van der Waals surface area (Å²) in [6.07, 6.45) is 3.41. The number of carbonyl (C=O) groups excluding carboxylic acids is 3. The fourth-order valence-corrected chi connectivity index (χ4v) is 6.43. The molecule has 2 aromatic carbocycles. The van der Waals surface area contributed by atoms with Crippen LogP contribution in [0.15, 0.2) is 115 Å². The van der Waals surface area contributed by atoms with Crippen LogP contribution in [0.2, 0.25) is 0 Å². The second kappa shape index (κ2) is 20.0. The van der Waals surface area contributed by atoms with Crippen molar-refractivity contribution in [1.29, 1.82) is 0 Å². The molecular weight excluding hydrogens is 812 g/mol. The Labute approximate surface area is 361 Å². The Balaban J connectivity index is 0.000000222. The summed E-state index contributed by atoms with van der Waals surface area (Å²) in [6, 6.07) is 29.8. The average molecular weight is 855 g/mol. The first-order chi connectivity index (χ1) is 29.4. The average Bonchev–Trinajstić information content (AvgIpc) is 3.89. The number of anilines is 2. The maximum absolute atomic E-state index is 11.8. The number of hydrogen-bond acceptors (Lipinski definition) is 13. The van der Waals surface area contributed by atoms with Gasteiger partial charge >= 0.3 is 0 Å². The number of halogens is 1. The Morgan fingerprint density at radius 3 is 1.42 bits per heavy atom. The van der Waals surface area contributed by atoms with Gasteiger partial charge in [0.15, 0.2) is 17.4 Å². The Bertz CT molecular complexity index is 2960. The third-order valence-electron chi connectivity index (χ3n) is 9.15. The van der Waals surface area contributed by atoms with Crippen molar-refractivity contribution in [3.8, 4) is 34.2 Å². The Hall–Kier alpha value is -7.73. The molecule has 8 rings (SSSR count). The molecule has 0 aliphatic carbocycles. The molecule has 0 bridgehead atoms. The molecule has 6 aromatic heterocycles. The summed E-state index contributed by atoms with van der Waals surface area (Å²) in [4.78, 5) is 53.5. The highest BCUT2D eigenvalue weighted by Crippen LogP contribution is 2.33. The molecule has 0 aliphatic rings. The Morgan fingerprint density at radius 2 is 1.02 bits per heavy atom. The summed E-state index contributed by atoms with van der Waals surface area (Å²) in [5.74, 6) is 4.39. The summed E-state index contributed by atoms with van der Waals surface area (Å²) >= 11 is 0. The number of aromatic nitrogens is 8. The van der Waals surface area contributed by atoms with Crippen molar-refractivity contribution in [2.45, 2.75) is 41.5 Å². The minimum Gasteiger partial charge on any atom is -0.411 e. The summed E-state index contributed by atoms with van der Waals surface area (Å²) in [5, 5.41) is 35.1. The highest BCUT2D eigenvalue weighted by molar-refractivity contribution is 6.04. The molecule has 316 valence electrons. The topological polar surface area (TPSA) is 241 Å². The Kier molecular flexibility index (Phi) is 14.6. The van der Waals surface area contributed by atoms with E-state index in [1.807, 2.05) is 92.7 Å². The van der Waals surface area contributed by atoms with Crippen LogP contribution in [0.5, 0.6) is 0 Å². The predicted octanol–water partition coefficient (Wildman–Crippen LogP) is 7.66. The first kappa shape index (κ1) is 45.4. The molecule has 6 N–H and O–H groups in total. The molecule has 0 radical (unpaired) electrons. The quantitative estimate of drug-likeness (QED) is 0.0428. The van der Waals surface area contributed by atoms with Crippen molar-refractivity contribution in [1.82, 2.24) is 39.5 Å². The highest BCUT2D eigenvalue weighted by atomic mass is 35.5. The first-order valence-corrected chi connectivity index (χ1v) is 18.8. The lowest BCUT2D eigenvalue weighted by Gasteiger charge is -2.10. The minimum atomic E-state index is -0.185. The minimum absolute atomic E-state index is 0. The molecule has 18 heteroatoms. The van der Waals surface area contributed by atoms with Crippen molar-refractivity contribution in [3.05, 3.63) is 132 Å². The molecule has 0 saturated heterocycles. The third-order valence-corrected chi connectivity index (χ3v) is 9.15. The van der Waals surface area contributed by atoms with Crippen LogP contribution in [0.4, 0.5) is 11.4 Å². The van der Waals surface area contributed by atoms with Gasteiger partial charge < -0.3 is 21.0 Å². The molecule has 0 spiro atoms. The van der Waals surface area contributed by atoms with E-state index >= 15 is 0 Å². The van der Waals surface area contributed by atoms with Crippen LogP contribution in [0.3, 0.4) is 0 Å². The SMILES string of the molecule is CC(=O)Nc1cc(-c2cccc(/C(C)=N\O)n2)cc2c1cnn2-c1cccc(C)n1.CC(=O)Nc1cc(-c2cccc(C(C)=O)n2)cc2c1cnn2-c1cccc(C)n1.Cl.NO. The van der Waals surface area contributed by atoms with E-state index < -0.39 is 0 Å². The van der Waals surface area contributed by atoms with E-state index in [9.17, 15) is 14.4 Å². The normalized spacial score (nSPS) is 10.8. The number of aryl methyl sites for hydroxylation is 2. The van der Waals surface area contributed by atoms with Gasteiger partial charge in [-0.3, -0.25) is 14.4 Å². The summed E-state index contributed by atoms with van der Waals surface area (Å²) < 4.78 is 3.47. The first-order valence-electron chi connectivity index (χ1n) is 18.8. The van der Waals surface area contributed by atoms with E-state index in [0.717, 1.165) is 44.3 Å². The lowest BCUT2D eigenvalue weighted by molar-refractivity contribution is -0.115. The van der Waals surface area contributed by atoms with Crippen LogP contribution in [0.25, 0.3) is 56.0 Å². The van der Waals surface area contributed by atoms with E-state index in [2.05, 4.69) is 51.8 Å². The maximum atomic E-state index is 11.8. The van der Waals surface area contributed by atoms with Crippen LogP contribution in [-0.2, 0) is 9.59 Å². The number of nitrogens with zero attached hydrogens (tertiary/aromatic N) is 9. The number of Topliss-reactive ketones (excluding diaryl/α,β-unsaturated/α-hetero) is 1. The number of benzene rings is 2. The van der Waals surface area contributed by atoms with Gasteiger partial charge in [-0.25, -0.2) is 35.2 Å². The van der Waals surface area contributed by atoms with Gasteiger partial charge in [0, 0.05) is 54.1 Å². The van der Waals surface area contributed by atoms with Gasteiger partial charge in [-0.1, -0.05) is 29.4 Å². The molecule has 0 unspecified atom stereocenters. The number of pyridine rings is 4. The molecule has 8 aromatic rings. The number of ketones is 1. The van der Waals surface area contributed by atoms with Crippen LogP contribution in [-0.4, -0.2) is 73.2 Å². The lowest BCUT2D eigenvalue weighted by atomic mass is 10.1. The van der Waals surface area contributed by atoms with Crippen molar-refractivity contribution in [2.24, 2.45) is 11.1 Å². The number of rotatable bonds is 8. The molecule has 2 amide bonds. The molecule has 17 nitrogen and oxygen atoms in total. The summed E-state index contributed by atoms with van der Waals surface area (Å²) in [7, 11) is 0. The van der Waals surface area contributed by atoms with Crippen molar-refractivity contribution >= 4 is 68.9 Å².